The van der Waals surface area contributed by atoms with Crippen molar-refractivity contribution in [1.29, 1.82) is 0 Å². The summed E-state index contributed by atoms with van der Waals surface area (Å²) in [5, 5.41) is 11.6. The van der Waals surface area contributed by atoms with Gasteiger partial charge in [0.25, 0.3) is 0 Å². The highest BCUT2D eigenvalue weighted by molar-refractivity contribution is 5.24. The van der Waals surface area contributed by atoms with Crippen LogP contribution in [0.1, 0.15) is 58.8 Å². The van der Waals surface area contributed by atoms with Crippen LogP contribution in [0.25, 0.3) is 0 Å². The molecule has 2 rings (SSSR count). The van der Waals surface area contributed by atoms with Crippen LogP contribution in [-0.2, 0) is 6.54 Å². The molecule has 0 spiro atoms. The normalized spacial score (nSPS) is 20.4. The zero-order chi connectivity index (χ0) is 14.4. The minimum absolute atomic E-state index is 0.429. The molecule has 1 aliphatic heterocycles. The Bertz CT molecular complexity index is 391. The SMILES string of the molecule is CCCC1CCCN(c2nnc(CNC(C)C)o2)CC1. The van der Waals surface area contributed by atoms with Gasteiger partial charge in [0.15, 0.2) is 0 Å². The molecule has 2 heterocycles. The lowest BCUT2D eigenvalue weighted by molar-refractivity contribution is 0.431. The monoisotopic (exact) mass is 280 g/mol. The first-order valence-electron chi connectivity index (χ1n) is 7.99. The summed E-state index contributed by atoms with van der Waals surface area (Å²) in [5.74, 6) is 1.55. The number of hydrogen-bond donors (Lipinski definition) is 1. The molecule has 20 heavy (non-hydrogen) atoms. The summed E-state index contributed by atoms with van der Waals surface area (Å²) in [6.07, 6.45) is 6.44. The number of nitrogens with zero attached hydrogens (tertiary/aromatic N) is 3. The summed E-state index contributed by atoms with van der Waals surface area (Å²) in [6.45, 7) is 9.23. The Morgan fingerprint density at radius 2 is 2.15 bits per heavy atom. The van der Waals surface area contributed by atoms with Gasteiger partial charge >= 0.3 is 6.01 Å². The van der Waals surface area contributed by atoms with E-state index in [-0.39, 0.29) is 0 Å². The maximum Gasteiger partial charge on any atom is 0.318 e. The maximum absolute atomic E-state index is 5.77. The van der Waals surface area contributed by atoms with Gasteiger partial charge < -0.3 is 14.6 Å². The van der Waals surface area contributed by atoms with E-state index in [1.165, 1.54) is 32.1 Å². The molecule has 1 saturated heterocycles. The van der Waals surface area contributed by atoms with Gasteiger partial charge in [-0.3, -0.25) is 0 Å². The van der Waals surface area contributed by atoms with Crippen molar-refractivity contribution in [2.75, 3.05) is 18.0 Å². The van der Waals surface area contributed by atoms with E-state index in [1.807, 2.05) is 0 Å². The van der Waals surface area contributed by atoms with E-state index in [0.717, 1.165) is 19.0 Å². The number of hydrogen-bond acceptors (Lipinski definition) is 5. The molecule has 0 aromatic carbocycles. The fourth-order valence-corrected chi connectivity index (χ4v) is 2.79. The van der Waals surface area contributed by atoms with Crippen molar-refractivity contribution < 1.29 is 4.42 Å². The molecule has 1 unspecified atom stereocenters. The van der Waals surface area contributed by atoms with Crippen LogP contribution in [0.15, 0.2) is 4.42 Å². The maximum atomic E-state index is 5.77. The second-order valence-electron chi connectivity index (χ2n) is 6.09. The molecule has 1 atom stereocenters. The topological polar surface area (TPSA) is 54.2 Å². The van der Waals surface area contributed by atoms with Gasteiger partial charge in [-0.05, 0) is 25.2 Å². The number of aromatic nitrogens is 2. The largest absolute Gasteiger partial charge is 0.407 e. The Kier molecular flexibility index (Phi) is 5.83. The third-order valence-corrected chi connectivity index (χ3v) is 3.93. The summed E-state index contributed by atoms with van der Waals surface area (Å²) >= 11 is 0. The van der Waals surface area contributed by atoms with E-state index in [1.54, 1.807) is 0 Å². The van der Waals surface area contributed by atoms with Crippen molar-refractivity contribution >= 4 is 6.01 Å². The van der Waals surface area contributed by atoms with Gasteiger partial charge in [-0.15, -0.1) is 5.10 Å². The molecular weight excluding hydrogens is 252 g/mol. The van der Waals surface area contributed by atoms with Crippen LogP contribution >= 0.6 is 0 Å². The average Bonchev–Trinajstić information content (AvgIpc) is 2.77. The first kappa shape index (κ1) is 15.3. The molecular formula is C15H28N4O. The Morgan fingerprint density at radius 3 is 2.90 bits per heavy atom. The molecule has 0 bridgehead atoms. The lowest BCUT2D eigenvalue weighted by atomic mass is 9.96. The first-order valence-corrected chi connectivity index (χ1v) is 7.99. The van der Waals surface area contributed by atoms with Gasteiger partial charge in [0, 0.05) is 19.1 Å². The van der Waals surface area contributed by atoms with Crippen LogP contribution in [0.4, 0.5) is 6.01 Å². The van der Waals surface area contributed by atoms with Gasteiger partial charge in [0.1, 0.15) is 0 Å². The van der Waals surface area contributed by atoms with Crippen LogP contribution < -0.4 is 10.2 Å². The predicted octanol–water partition coefficient (Wildman–Crippen LogP) is 2.97. The van der Waals surface area contributed by atoms with Crippen LogP contribution in [-0.4, -0.2) is 29.3 Å². The fraction of sp³-hybridized carbons (Fsp3) is 0.867. The standard InChI is InChI=1S/C15H28N4O/c1-4-6-13-7-5-9-19(10-8-13)15-18-17-14(20-15)11-16-12(2)3/h12-13,16H,4-11H2,1-3H3. The minimum atomic E-state index is 0.429. The fourth-order valence-electron chi connectivity index (χ4n) is 2.79. The quantitative estimate of drug-likeness (QED) is 0.868. The molecule has 114 valence electrons. The molecule has 0 aliphatic carbocycles. The molecule has 1 fully saturated rings. The lowest BCUT2D eigenvalue weighted by Gasteiger charge is -2.17. The average molecular weight is 280 g/mol. The second-order valence-corrected chi connectivity index (χ2v) is 6.09. The van der Waals surface area contributed by atoms with E-state index >= 15 is 0 Å². The van der Waals surface area contributed by atoms with E-state index in [4.69, 9.17) is 4.42 Å². The molecule has 1 aromatic heterocycles. The number of nitrogens with one attached hydrogen (secondary N) is 1. The highest BCUT2D eigenvalue weighted by Gasteiger charge is 2.20. The van der Waals surface area contributed by atoms with Gasteiger partial charge in [-0.25, -0.2) is 0 Å². The summed E-state index contributed by atoms with van der Waals surface area (Å²) in [5.41, 5.74) is 0. The molecule has 0 saturated carbocycles. The molecule has 0 radical (unpaired) electrons. The van der Waals surface area contributed by atoms with Crippen molar-refractivity contribution in [3.63, 3.8) is 0 Å². The van der Waals surface area contributed by atoms with Gasteiger partial charge in [0.05, 0.1) is 6.54 Å². The van der Waals surface area contributed by atoms with Crippen LogP contribution in [0, 0.1) is 5.92 Å². The van der Waals surface area contributed by atoms with E-state index in [0.29, 0.717) is 24.5 Å². The van der Waals surface area contributed by atoms with Crippen LogP contribution in [0.5, 0.6) is 0 Å². The van der Waals surface area contributed by atoms with E-state index in [2.05, 4.69) is 41.2 Å². The molecule has 5 nitrogen and oxygen atoms in total. The molecule has 5 heteroatoms. The minimum Gasteiger partial charge on any atom is -0.407 e. The highest BCUT2D eigenvalue weighted by atomic mass is 16.4. The Labute approximate surface area is 122 Å². The van der Waals surface area contributed by atoms with Gasteiger partial charge in [-0.2, -0.15) is 0 Å². The Hall–Kier alpha value is -1.10. The van der Waals surface area contributed by atoms with Crippen molar-refractivity contribution in [1.82, 2.24) is 15.5 Å². The van der Waals surface area contributed by atoms with Gasteiger partial charge in [-0.1, -0.05) is 38.7 Å². The molecule has 1 N–H and O–H groups in total. The third-order valence-electron chi connectivity index (χ3n) is 3.93. The Morgan fingerprint density at radius 1 is 1.30 bits per heavy atom. The Balaban J connectivity index is 1.88. The number of anilines is 1. The van der Waals surface area contributed by atoms with Gasteiger partial charge in [0.2, 0.25) is 5.89 Å². The van der Waals surface area contributed by atoms with Crippen molar-refractivity contribution in [2.24, 2.45) is 5.92 Å². The molecule has 1 aromatic rings. The van der Waals surface area contributed by atoms with Crippen molar-refractivity contribution in [2.45, 2.75) is 65.5 Å². The highest BCUT2D eigenvalue weighted by Crippen LogP contribution is 2.24. The zero-order valence-electron chi connectivity index (χ0n) is 13.1. The van der Waals surface area contributed by atoms with Crippen LogP contribution in [0.2, 0.25) is 0 Å². The summed E-state index contributed by atoms with van der Waals surface area (Å²) in [6, 6.07) is 1.13. The summed E-state index contributed by atoms with van der Waals surface area (Å²) in [7, 11) is 0. The zero-order valence-corrected chi connectivity index (χ0v) is 13.1. The smallest absolute Gasteiger partial charge is 0.318 e. The molecule has 1 aliphatic rings. The lowest BCUT2D eigenvalue weighted by Crippen LogP contribution is -2.24. The predicted molar refractivity (Wildman–Crippen MR) is 80.7 cm³/mol. The van der Waals surface area contributed by atoms with E-state index in [9.17, 15) is 0 Å². The first-order chi connectivity index (χ1) is 9.69. The third kappa shape index (κ3) is 4.47. The summed E-state index contributed by atoms with van der Waals surface area (Å²) < 4.78 is 5.77. The molecule has 0 amide bonds. The number of rotatable bonds is 6. The second kappa shape index (κ2) is 7.62. The van der Waals surface area contributed by atoms with E-state index < -0.39 is 0 Å². The van der Waals surface area contributed by atoms with Crippen molar-refractivity contribution in [3.05, 3.63) is 5.89 Å². The van der Waals surface area contributed by atoms with Crippen molar-refractivity contribution in [3.8, 4) is 0 Å². The summed E-state index contributed by atoms with van der Waals surface area (Å²) in [4.78, 5) is 2.25. The van der Waals surface area contributed by atoms with Crippen LogP contribution in [0.3, 0.4) is 0 Å².